The zero-order valence-corrected chi connectivity index (χ0v) is 10.1. The van der Waals surface area contributed by atoms with Gasteiger partial charge < -0.3 is 10.4 Å². The van der Waals surface area contributed by atoms with Crippen molar-refractivity contribution in [2.75, 3.05) is 18.1 Å². The van der Waals surface area contributed by atoms with E-state index in [4.69, 9.17) is 5.11 Å². The maximum atomic E-state index is 11.4. The molecule has 0 aromatic heterocycles. The summed E-state index contributed by atoms with van der Waals surface area (Å²) < 4.78 is 22.8. The van der Waals surface area contributed by atoms with E-state index in [1.807, 2.05) is 0 Å². The van der Waals surface area contributed by atoms with Crippen molar-refractivity contribution in [3.8, 4) is 0 Å². The molecule has 0 heterocycles. The van der Waals surface area contributed by atoms with Gasteiger partial charge in [-0.2, -0.15) is 0 Å². The minimum absolute atomic E-state index is 0.148. The topological polar surface area (TPSA) is 127 Å². The van der Waals surface area contributed by atoms with Gasteiger partial charge in [0.25, 0.3) is 0 Å². The first-order valence-electron chi connectivity index (χ1n) is 4.66. The third-order valence-electron chi connectivity index (χ3n) is 2.01. The zero-order chi connectivity index (χ0) is 13.9. The Morgan fingerprint density at radius 2 is 2.11 bits per heavy atom. The highest BCUT2D eigenvalue weighted by molar-refractivity contribution is 7.90. The fraction of sp³-hybridized carbons (Fsp3) is 0.222. The van der Waals surface area contributed by atoms with Crippen molar-refractivity contribution in [3.63, 3.8) is 0 Å². The van der Waals surface area contributed by atoms with Crippen LogP contribution >= 0.6 is 0 Å². The molecule has 0 aliphatic carbocycles. The van der Waals surface area contributed by atoms with Crippen LogP contribution in [0.1, 0.15) is 0 Å². The fourth-order valence-electron chi connectivity index (χ4n) is 1.32. The maximum absolute atomic E-state index is 11.4. The monoisotopic (exact) mass is 274 g/mol. The Morgan fingerprint density at radius 1 is 1.50 bits per heavy atom. The van der Waals surface area contributed by atoms with E-state index in [0.717, 1.165) is 12.3 Å². The molecule has 18 heavy (non-hydrogen) atoms. The van der Waals surface area contributed by atoms with E-state index in [9.17, 15) is 23.3 Å². The van der Waals surface area contributed by atoms with E-state index in [1.54, 1.807) is 0 Å². The number of aliphatic carboxylic acids is 1. The molecule has 0 saturated carbocycles. The number of anilines is 1. The normalized spacial score (nSPS) is 10.9. The summed E-state index contributed by atoms with van der Waals surface area (Å²) in [6.45, 7) is -0.548. The van der Waals surface area contributed by atoms with Crippen LogP contribution in [-0.2, 0) is 14.6 Å². The minimum Gasteiger partial charge on any atom is -0.480 e. The lowest BCUT2D eigenvalue weighted by Gasteiger charge is -2.07. The van der Waals surface area contributed by atoms with Gasteiger partial charge in [0.05, 0.1) is 4.92 Å². The molecule has 1 rings (SSSR count). The van der Waals surface area contributed by atoms with Crippen molar-refractivity contribution < 1.29 is 23.2 Å². The van der Waals surface area contributed by atoms with Gasteiger partial charge in [0.15, 0.2) is 9.84 Å². The number of hydrogen-bond acceptors (Lipinski definition) is 6. The molecular weight excluding hydrogens is 264 g/mol. The van der Waals surface area contributed by atoms with Crippen molar-refractivity contribution in [1.82, 2.24) is 0 Å². The molecule has 0 spiro atoms. The van der Waals surface area contributed by atoms with Gasteiger partial charge in [0.1, 0.15) is 17.1 Å². The van der Waals surface area contributed by atoms with Crippen molar-refractivity contribution in [3.05, 3.63) is 28.3 Å². The number of nitrogens with zero attached hydrogens (tertiary/aromatic N) is 1. The number of carboxylic acid groups (broad SMARTS) is 1. The first-order valence-corrected chi connectivity index (χ1v) is 6.55. The smallest absolute Gasteiger partial charge is 0.322 e. The van der Waals surface area contributed by atoms with Crippen LogP contribution in [0.3, 0.4) is 0 Å². The summed E-state index contributed by atoms with van der Waals surface area (Å²) in [4.78, 5) is 20.0. The second kappa shape index (κ2) is 5.00. The van der Waals surface area contributed by atoms with Crippen LogP contribution in [-0.4, -0.2) is 37.2 Å². The number of carbonyl (C=O) groups is 1. The Kier molecular flexibility index (Phi) is 3.86. The molecular formula is C9H10N2O6S. The highest BCUT2D eigenvalue weighted by atomic mass is 32.2. The number of para-hydroxylation sites is 1. The third-order valence-corrected chi connectivity index (χ3v) is 3.14. The first kappa shape index (κ1) is 13.9. The minimum atomic E-state index is -3.77. The van der Waals surface area contributed by atoms with Crippen LogP contribution in [0, 0.1) is 10.1 Å². The summed E-state index contributed by atoms with van der Waals surface area (Å²) >= 11 is 0. The van der Waals surface area contributed by atoms with E-state index >= 15 is 0 Å². The number of rotatable bonds is 5. The molecule has 0 fully saturated rings. The Bertz CT molecular complexity index is 595. The molecule has 98 valence electrons. The Hall–Kier alpha value is -2.16. The van der Waals surface area contributed by atoms with Gasteiger partial charge in [-0.05, 0) is 12.1 Å². The molecule has 0 atom stereocenters. The molecule has 0 unspecified atom stereocenters. The summed E-state index contributed by atoms with van der Waals surface area (Å²) in [6, 6.07) is 3.64. The van der Waals surface area contributed by atoms with Crippen LogP contribution in [0.25, 0.3) is 0 Å². The highest BCUT2D eigenvalue weighted by Gasteiger charge is 2.26. The summed E-state index contributed by atoms with van der Waals surface area (Å²) in [6.07, 6.45) is 0.844. The van der Waals surface area contributed by atoms with Crippen LogP contribution in [0.4, 0.5) is 11.4 Å². The fourth-order valence-corrected chi connectivity index (χ4v) is 2.18. The van der Waals surface area contributed by atoms with Crippen molar-refractivity contribution in [1.29, 1.82) is 0 Å². The molecule has 0 amide bonds. The van der Waals surface area contributed by atoms with E-state index in [2.05, 4.69) is 5.32 Å². The van der Waals surface area contributed by atoms with Crippen LogP contribution in [0.5, 0.6) is 0 Å². The number of sulfone groups is 1. The predicted octanol–water partition coefficient (Wildman–Crippen LogP) is 0.495. The standard InChI is InChI=1S/C9H10N2O6S/c1-18(16,17)7-4-2-3-6(9(7)11(14)15)10-5-8(12)13/h2-4,10H,5H2,1H3,(H,12,13). The predicted molar refractivity (Wildman–Crippen MR) is 62.3 cm³/mol. The second-order valence-corrected chi connectivity index (χ2v) is 5.41. The van der Waals surface area contributed by atoms with Gasteiger partial charge in [-0.15, -0.1) is 0 Å². The number of benzene rings is 1. The number of nitrogens with one attached hydrogen (secondary N) is 1. The van der Waals surface area contributed by atoms with Crippen molar-refractivity contribution in [2.24, 2.45) is 0 Å². The van der Waals surface area contributed by atoms with Crippen LogP contribution in [0.15, 0.2) is 23.1 Å². The van der Waals surface area contributed by atoms with Gasteiger partial charge in [0.2, 0.25) is 0 Å². The maximum Gasteiger partial charge on any atom is 0.322 e. The lowest BCUT2D eigenvalue weighted by Crippen LogP contribution is -2.14. The van der Waals surface area contributed by atoms with E-state index < -0.39 is 37.9 Å². The quantitative estimate of drug-likeness (QED) is 0.591. The largest absolute Gasteiger partial charge is 0.480 e. The Labute approximate surface area is 102 Å². The SMILES string of the molecule is CS(=O)(=O)c1cccc(NCC(=O)O)c1[N+](=O)[O-]. The molecule has 2 N–H and O–H groups in total. The number of nitro benzene ring substituents is 1. The summed E-state index contributed by atoms with van der Waals surface area (Å²) in [5.41, 5.74) is -0.799. The molecule has 1 aromatic carbocycles. The lowest BCUT2D eigenvalue weighted by molar-refractivity contribution is -0.386. The summed E-state index contributed by atoms with van der Waals surface area (Å²) in [7, 11) is -3.77. The van der Waals surface area contributed by atoms with Gasteiger partial charge >= 0.3 is 11.7 Å². The molecule has 0 aliphatic rings. The molecule has 9 heteroatoms. The summed E-state index contributed by atoms with van der Waals surface area (Å²) in [5.74, 6) is -1.21. The third kappa shape index (κ3) is 3.17. The average Bonchev–Trinajstić information content (AvgIpc) is 2.24. The van der Waals surface area contributed by atoms with Gasteiger partial charge in [0, 0.05) is 6.26 Å². The number of carboxylic acids is 1. The van der Waals surface area contributed by atoms with Crippen LogP contribution < -0.4 is 5.32 Å². The molecule has 0 bridgehead atoms. The Morgan fingerprint density at radius 3 is 2.56 bits per heavy atom. The van der Waals surface area contributed by atoms with Crippen molar-refractivity contribution in [2.45, 2.75) is 4.90 Å². The number of hydrogen-bond donors (Lipinski definition) is 2. The Balaban J connectivity index is 3.36. The number of nitro groups is 1. The van der Waals surface area contributed by atoms with Crippen molar-refractivity contribution >= 4 is 27.2 Å². The van der Waals surface area contributed by atoms with E-state index in [-0.39, 0.29) is 5.69 Å². The molecule has 1 aromatic rings. The van der Waals surface area contributed by atoms with Gasteiger partial charge in [-0.3, -0.25) is 14.9 Å². The molecule has 0 saturated heterocycles. The highest BCUT2D eigenvalue weighted by Crippen LogP contribution is 2.31. The van der Waals surface area contributed by atoms with Crippen LogP contribution in [0.2, 0.25) is 0 Å². The summed E-state index contributed by atoms with van der Waals surface area (Å²) in [5, 5.41) is 21.7. The molecule has 0 aliphatic heterocycles. The first-order chi connectivity index (χ1) is 8.23. The van der Waals surface area contributed by atoms with Gasteiger partial charge in [-0.1, -0.05) is 6.07 Å². The van der Waals surface area contributed by atoms with Gasteiger partial charge in [-0.25, -0.2) is 8.42 Å². The van der Waals surface area contributed by atoms with E-state index in [0.29, 0.717) is 0 Å². The molecule has 8 nitrogen and oxygen atoms in total. The average molecular weight is 274 g/mol. The zero-order valence-electron chi connectivity index (χ0n) is 9.28. The van der Waals surface area contributed by atoms with E-state index in [1.165, 1.54) is 12.1 Å². The molecule has 0 radical (unpaired) electrons. The second-order valence-electron chi connectivity index (χ2n) is 3.43. The lowest BCUT2D eigenvalue weighted by atomic mass is 10.2.